The first kappa shape index (κ1) is 17.7. The lowest BCUT2D eigenvalue weighted by molar-refractivity contribution is -0.174. The Balaban J connectivity index is 3.29. The molecule has 0 aliphatic heterocycles. The van der Waals surface area contributed by atoms with Crippen molar-refractivity contribution < 1.29 is 17.9 Å². The Morgan fingerprint density at radius 3 is 2.33 bits per heavy atom. The molecule has 0 rings (SSSR count). The zero-order chi connectivity index (χ0) is 14.0. The van der Waals surface area contributed by atoms with Crippen molar-refractivity contribution in [3.05, 3.63) is 0 Å². The summed E-state index contributed by atoms with van der Waals surface area (Å²) in [5, 5.41) is 3.36. The molecule has 0 aliphatic carbocycles. The second-order valence-corrected chi connectivity index (χ2v) is 5.30. The van der Waals surface area contributed by atoms with E-state index in [1.165, 1.54) is 0 Å². The van der Waals surface area contributed by atoms with Crippen molar-refractivity contribution in [2.75, 3.05) is 26.3 Å². The minimum atomic E-state index is -4.20. The molecule has 5 heteroatoms. The fourth-order valence-corrected chi connectivity index (χ4v) is 1.61. The zero-order valence-corrected chi connectivity index (χ0v) is 11.6. The van der Waals surface area contributed by atoms with E-state index in [-0.39, 0.29) is 6.61 Å². The Morgan fingerprint density at radius 2 is 1.78 bits per heavy atom. The van der Waals surface area contributed by atoms with Gasteiger partial charge in [-0.15, -0.1) is 0 Å². The molecule has 0 amide bonds. The molecule has 0 aliphatic rings. The molecule has 110 valence electrons. The standard InChI is InChI=1S/C13H26F3NO/c1-11(2)9-17-7-6-12(3)5-4-8-18-10-13(14,15)16/h11-12,17H,4-10H2,1-3H3. The number of hydrogen-bond acceptors (Lipinski definition) is 2. The van der Waals surface area contributed by atoms with Crippen LogP contribution in [0.25, 0.3) is 0 Å². The first-order chi connectivity index (χ1) is 8.31. The molecule has 1 N–H and O–H groups in total. The third kappa shape index (κ3) is 13.8. The number of halogens is 3. The van der Waals surface area contributed by atoms with Crippen LogP contribution in [0.2, 0.25) is 0 Å². The summed E-state index contributed by atoms with van der Waals surface area (Å²) in [6.45, 7) is 7.51. The SMILES string of the molecule is CC(C)CNCCC(C)CCCOCC(F)(F)F. The second kappa shape index (κ2) is 9.62. The summed E-state index contributed by atoms with van der Waals surface area (Å²) < 4.78 is 39.9. The van der Waals surface area contributed by atoms with Gasteiger partial charge in [-0.2, -0.15) is 13.2 Å². The van der Waals surface area contributed by atoms with E-state index in [0.29, 0.717) is 18.3 Å². The van der Waals surface area contributed by atoms with Crippen molar-refractivity contribution >= 4 is 0 Å². The Morgan fingerprint density at radius 1 is 1.11 bits per heavy atom. The minimum absolute atomic E-state index is 0.198. The van der Waals surface area contributed by atoms with Crippen LogP contribution >= 0.6 is 0 Å². The molecule has 0 fully saturated rings. The van der Waals surface area contributed by atoms with Crippen LogP contribution in [-0.2, 0) is 4.74 Å². The van der Waals surface area contributed by atoms with Gasteiger partial charge >= 0.3 is 6.18 Å². The van der Waals surface area contributed by atoms with E-state index in [2.05, 4.69) is 30.8 Å². The van der Waals surface area contributed by atoms with Gasteiger partial charge < -0.3 is 10.1 Å². The van der Waals surface area contributed by atoms with E-state index in [1.54, 1.807) is 0 Å². The van der Waals surface area contributed by atoms with Crippen molar-refractivity contribution in [3.63, 3.8) is 0 Å². The molecule has 0 radical (unpaired) electrons. The Bertz CT molecular complexity index is 195. The van der Waals surface area contributed by atoms with Crippen LogP contribution in [-0.4, -0.2) is 32.5 Å². The van der Waals surface area contributed by atoms with Gasteiger partial charge in [-0.25, -0.2) is 0 Å². The van der Waals surface area contributed by atoms with Crippen molar-refractivity contribution in [2.45, 2.75) is 46.2 Å². The smallest absolute Gasteiger partial charge is 0.372 e. The minimum Gasteiger partial charge on any atom is -0.372 e. The highest BCUT2D eigenvalue weighted by Gasteiger charge is 2.27. The fourth-order valence-electron chi connectivity index (χ4n) is 1.61. The average Bonchev–Trinajstić information content (AvgIpc) is 2.22. The molecule has 0 aromatic heterocycles. The van der Waals surface area contributed by atoms with Crippen LogP contribution in [0.15, 0.2) is 0 Å². The monoisotopic (exact) mass is 269 g/mol. The molecule has 1 unspecified atom stereocenters. The third-order valence-electron chi connectivity index (χ3n) is 2.62. The summed E-state index contributed by atoms with van der Waals surface area (Å²) in [5.41, 5.74) is 0. The zero-order valence-electron chi connectivity index (χ0n) is 11.6. The van der Waals surface area contributed by atoms with E-state index >= 15 is 0 Å². The number of hydrogen-bond donors (Lipinski definition) is 1. The molecule has 0 saturated carbocycles. The highest BCUT2D eigenvalue weighted by molar-refractivity contribution is 4.58. The number of ether oxygens (including phenoxy) is 1. The van der Waals surface area contributed by atoms with Gasteiger partial charge in [0.2, 0.25) is 0 Å². The van der Waals surface area contributed by atoms with Crippen molar-refractivity contribution in [2.24, 2.45) is 11.8 Å². The van der Waals surface area contributed by atoms with Gasteiger partial charge in [0.25, 0.3) is 0 Å². The molecular formula is C13H26F3NO. The summed E-state index contributed by atoms with van der Waals surface area (Å²) in [5.74, 6) is 1.18. The highest BCUT2D eigenvalue weighted by atomic mass is 19.4. The van der Waals surface area contributed by atoms with Crippen molar-refractivity contribution in [1.82, 2.24) is 5.32 Å². The normalized spacial score (nSPS) is 14.2. The predicted octanol–water partition coefficient (Wildman–Crippen LogP) is 3.62. The van der Waals surface area contributed by atoms with Crippen molar-refractivity contribution in [1.29, 1.82) is 0 Å². The van der Waals surface area contributed by atoms with E-state index < -0.39 is 12.8 Å². The summed E-state index contributed by atoms with van der Waals surface area (Å²) in [4.78, 5) is 0. The van der Waals surface area contributed by atoms with Gasteiger partial charge in [0.1, 0.15) is 6.61 Å². The lowest BCUT2D eigenvalue weighted by atomic mass is 10.0. The molecule has 1 atom stereocenters. The highest BCUT2D eigenvalue weighted by Crippen LogP contribution is 2.15. The molecule has 0 bridgehead atoms. The summed E-state index contributed by atoms with van der Waals surface area (Å²) in [6.07, 6.45) is -1.53. The van der Waals surface area contributed by atoms with E-state index in [0.717, 1.165) is 25.9 Å². The van der Waals surface area contributed by atoms with E-state index in [9.17, 15) is 13.2 Å². The van der Waals surface area contributed by atoms with Gasteiger partial charge in [-0.3, -0.25) is 0 Å². The van der Waals surface area contributed by atoms with Crippen molar-refractivity contribution in [3.8, 4) is 0 Å². The van der Waals surface area contributed by atoms with Crippen LogP contribution in [0.4, 0.5) is 13.2 Å². The van der Waals surface area contributed by atoms with Gasteiger partial charge in [0.15, 0.2) is 0 Å². The lowest BCUT2D eigenvalue weighted by Gasteiger charge is -2.13. The first-order valence-corrected chi connectivity index (χ1v) is 6.66. The molecule has 0 spiro atoms. The van der Waals surface area contributed by atoms with E-state index in [4.69, 9.17) is 0 Å². The number of alkyl halides is 3. The topological polar surface area (TPSA) is 21.3 Å². The second-order valence-electron chi connectivity index (χ2n) is 5.30. The fraction of sp³-hybridized carbons (Fsp3) is 1.00. The lowest BCUT2D eigenvalue weighted by Crippen LogP contribution is -2.22. The van der Waals surface area contributed by atoms with Gasteiger partial charge in [-0.05, 0) is 44.2 Å². The predicted molar refractivity (Wildman–Crippen MR) is 67.6 cm³/mol. The van der Waals surface area contributed by atoms with Crippen LogP contribution in [0.1, 0.15) is 40.0 Å². The van der Waals surface area contributed by atoms with Crippen LogP contribution in [0.3, 0.4) is 0 Å². The maximum atomic E-state index is 11.8. The van der Waals surface area contributed by atoms with Crippen LogP contribution in [0.5, 0.6) is 0 Å². The summed E-state index contributed by atoms with van der Waals surface area (Å²) in [7, 11) is 0. The Hall–Kier alpha value is -0.290. The molecule has 0 heterocycles. The summed E-state index contributed by atoms with van der Waals surface area (Å²) in [6, 6.07) is 0. The maximum absolute atomic E-state index is 11.8. The van der Waals surface area contributed by atoms with Gasteiger partial charge in [0, 0.05) is 6.61 Å². The number of nitrogens with one attached hydrogen (secondary N) is 1. The van der Waals surface area contributed by atoms with Gasteiger partial charge in [0.05, 0.1) is 0 Å². The number of rotatable bonds is 10. The first-order valence-electron chi connectivity index (χ1n) is 6.66. The largest absolute Gasteiger partial charge is 0.411 e. The summed E-state index contributed by atoms with van der Waals surface area (Å²) >= 11 is 0. The molecular weight excluding hydrogens is 243 g/mol. The molecule has 2 nitrogen and oxygen atoms in total. The third-order valence-corrected chi connectivity index (χ3v) is 2.62. The average molecular weight is 269 g/mol. The Labute approximate surface area is 108 Å². The molecule has 18 heavy (non-hydrogen) atoms. The van der Waals surface area contributed by atoms with Crippen LogP contribution < -0.4 is 5.32 Å². The maximum Gasteiger partial charge on any atom is 0.411 e. The quantitative estimate of drug-likeness (QED) is 0.612. The molecule has 0 saturated heterocycles. The molecule has 0 aromatic rings. The van der Waals surface area contributed by atoms with Gasteiger partial charge in [-0.1, -0.05) is 20.8 Å². The molecule has 0 aromatic carbocycles. The van der Waals surface area contributed by atoms with Crippen LogP contribution in [0, 0.1) is 11.8 Å². The Kier molecular flexibility index (Phi) is 9.46. The van der Waals surface area contributed by atoms with E-state index in [1.807, 2.05) is 0 Å².